The maximum Gasteiger partial charge on any atom is 0.433 e. The van der Waals surface area contributed by atoms with E-state index in [1.54, 1.807) is 0 Å². The summed E-state index contributed by atoms with van der Waals surface area (Å²) in [6, 6.07) is 5.56. The van der Waals surface area contributed by atoms with Crippen molar-refractivity contribution in [2.75, 3.05) is 5.32 Å². The van der Waals surface area contributed by atoms with Gasteiger partial charge in [0, 0.05) is 0 Å². The zero-order chi connectivity index (χ0) is 13.1. The average Bonchev–Trinajstić information content (AvgIpc) is 2.79. The van der Waals surface area contributed by atoms with Crippen molar-refractivity contribution in [3.05, 3.63) is 57.8 Å². The summed E-state index contributed by atoms with van der Waals surface area (Å²) in [5.74, 6) is -1.33. The molecule has 0 unspecified atom stereocenters. The summed E-state index contributed by atoms with van der Waals surface area (Å²) in [7, 11) is 0. The van der Waals surface area contributed by atoms with E-state index in [9.17, 15) is 18.9 Å². The molecule has 0 aliphatic carbocycles. The Balaban J connectivity index is 2.06. The molecule has 0 radical (unpaired) electrons. The molecule has 0 aliphatic rings. The highest BCUT2D eigenvalue weighted by molar-refractivity contribution is 5.45. The van der Waals surface area contributed by atoms with Crippen molar-refractivity contribution in [3.8, 4) is 0 Å². The Morgan fingerprint density at radius 3 is 2.72 bits per heavy atom. The standard InChI is InChI=1S/C11H8F2N2O3/c12-7-1-3-9(13)10(5-7)14-6-8-2-4-11(18-8)15(16)17/h1-5,14H,6H2. The van der Waals surface area contributed by atoms with Crippen LogP contribution in [0.15, 0.2) is 34.7 Å². The zero-order valence-electron chi connectivity index (χ0n) is 9.02. The lowest BCUT2D eigenvalue weighted by Crippen LogP contribution is -2.00. The average molecular weight is 254 g/mol. The van der Waals surface area contributed by atoms with Crippen LogP contribution in [-0.4, -0.2) is 4.92 Å². The van der Waals surface area contributed by atoms with E-state index in [4.69, 9.17) is 4.42 Å². The molecule has 1 heterocycles. The number of hydrogen-bond acceptors (Lipinski definition) is 4. The first-order valence-corrected chi connectivity index (χ1v) is 4.98. The Morgan fingerprint density at radius 2 is 2.06 bits per heavy atom. The minimum atomic E-state index is -0.674. The molecule has 1 aromatic heterocycles. The van der Waals surface area contributed by atoms with Gasteiger partial charge in [-0.1, -0.05) is 0 Å². The summed E-state index contributed by atoms with van der Waals surface area (Å²) in [6.07, 6.45) is 0. The number of rotatable bonds is 4. The van der Waals surface area contributed by atoms with Crippen LogP contribution in [0.3, 0.4) is 0 Å². The third-order valence-electron chi connectivity index (χ3n) is 2.21. The minimum Gasteiger partial charge on any atom is -0.404 e. The Kier molecular flexibility index (Phi) is 3.22. The first-order chi connectivity index (χ1) is 8.56. The van der Waals surface area contributed by atoms with E-state index in [1.807, 2.05) is 0 Å². The Hall–Kier alpha value is -2.44. The molecule has 7 heteroatoms. The highest BCUT2D eigenvalue weighted by atomic mass is 19.1. The molecule has 18 heavy (non-hydrogen) atoms. The van der Waals surface area contributed by atoms with Crippen LogP contribution in [0.1, 0.15) is 5.76 Å². The van der Waals surface area contributed by atoms with Crippen LogP contribution < -0.4 is 5.32 Å². The number of nitro groups is 1. The smallest absolute Gasteiger partial charge is 0.404 e. The third kappa shape index (κ3) is 2.62. The molecule has 0 fully saturated rings. The lowest BCUT2D eigenvalue weighted by atomic mass is 10.3. The Bertz CT molecular complexity index is 583. The number of nitrogens with zero attached hydrogens (tertiary/aromatic N) is 1. The fourth-order valence-corrected chi connectivity index (χ4v) is 1.38. The van der Waals surface area contributed by atoms with E-state index in [0.29, 0.717) is 0 Å². The molecule has 1 aromatic carbocycles. The number of anilines is 1. The molecular formula is C11H8F2N2O3. The van der Waals surface area contributed by atoms with Gasteiger partial charge in [-0.05, 0) is 24.3 Å². The van der Waals surface area contributed by atoms with Crippen molar-refractivity contribution in [1.82, 2.24) is 0 Å². The monoisotopic (exact) mass is 254 g/mol. The zero-order valence-corrected chi connectivity index (χ0v) is 9.02. The highest BCUT2D eigenvalue weighted by Crippen LogP contribution is 2.19. The predicted molar refractivity (Wildman–Crippen MR) is 59.0 cm³/mol. The molecule has 0 spiro atoms. The van der Waals surface area contributed by atoms with Crippen molar-refractivity contribution < 1.29 is 18.1 Å². The van der Waals surface area contributed by atoms with E-state index >= 15 is 0 Å². The predicted octanol–water partition coefficient (Wildman–Crippen LogP) is 3.08. The quantitative estimate of drug-likeness (QED) is 0.672. The van der Waals surface area contributed by atoms with Gasteiger partial charge in [0.1, 0.15) is 22.3 Å². The summed E-state index contributed by atoms with van der Waals surface area (Å²) < 4.78 is 31.0. The molecule has 5 nitrogen and oxygen atoms in total. The molecule has 0 saturated carbocycles. The van der Waals surface area contributed by atoms with Crippen LogP contribution in [0.2, 0.25) is 0 Å². The summed E-state index contributed by atoms with van der Waals surface area (Å²) in [6.45, 7) is 0.0220. The Morgan fingerprint density at radius 1 is 1.28 bits per heavy atom. The number of nitrogens with one attached hydrogen (secondary N) is 1. The first kappa shape index (κ1) is 12.0. The van der Waals surface area contributed by atoms with E-state index in [-0.39, 0.29) is 18.0 Å². The topological polar surface area (TPSA) is 68.3 Å². The third-order valence-corrected chi connectivity index (χ3v) is 2.21. The van der Waals surface area contributed by atoms with E-state index in [1.165, 1.54) is 12.1 Å². The number of halogens is 2. The van der Waals surface area contributed by atoms with E-state index < -0.39 is 22.4 Å². The first-order valence-electron chi connectivity index (χ1n) is 4.98. The van der Waals surface area contributed by atoms with Crippen LogP contribution >= 0.6 is 0 Å². The fourth-order valence-electron chi connectivity index (χ4n) is 1.38. The van der Waals surface area contributed by atoms with Crippen LogP contribution in [0.4, 0.5) is 20.4 Å². The maximum absolute atomic E-state index is 13.2. The van der Waals surface area contributed by atoms with Gasteiger partial charge in [-0.25, -0.2) is 8.78 Å². The molecule has 2 rings (SSSR count). The lowest BCUT2D eigenvalue weighted by molar-refractivity contribution is -0.402. The second-order valence-corrected chi connectivity index (χ2v) is 3.47. The second kappa shape index (κ2) is 4.82. The Labute approximate surface area is 100 Å². The summed E-state index contributed by atoms with van der Waals surface area (Å²) in [5.41, 5.74) is -0.0333. The number of furan rings is 1. The molecule has 94 valence electrons. The van der Waals surface area contributed by atoms with Crippen molar-refractivity contribution >= 4 is 11.6 Å². The molecule has 0 aliphatic heterocycles. The number of hydrogen-bond donors (Lipinski definition) is 1. The van der Waals surface area contributed by atoms with Gasteiger partial charge in [-0.15, -0.1) is 0 Å². The van der Waals surface area contributed by atoms with Crippen molar-refractivity contribution in [3.63, 3.8) is 0 Å². The van der Waals surface area contributed by atoms with Crippen molar-refractivity contribution in [1.29, 1.82) is 0 Å². The van der Waals surface area contributed by atoms with Gasteiger partial charge in [0.15, 0.2) is 0 Å². The summed E-state index contributed by atoms with van der Waals surface area (Å²) in [5, 5.41) is 13.0. The maximum atomic E-state index is 13.2. The largest absolute Gasteiger partial charge is 0.433 e. The number of benzene rings is 1. The SMILES string of the molecule is O=[N+]([O-])c1ccc(CNc2cc(F)ccc2F)o1. The summed E-state index contributed by atoms with van der Waals surface area (Å²) in [4.78, 5) is 9.69. The highest BCUT2D eigenvalue weighted by Gasteiger charge is 2.12. The van der Waals surface area contributed by atoms with Gasteiger partial charge in [0.2, 0.25) is 0 Å². The molecule has 0 saturated heterocycles. The van der Waals surface area contributed by atoms with Crippen LogP contribution in [0.5, 0.6) is 0 Å². The summed E-state index contributed by atoms with van der Waals surface area (Å²) >= 11 is 0. The molecule has 1 N–H and O–H groups in total. The molecular weight excluding hydrogens is 246 g/mol. The normalized spacial score (nSPS) is 10.3. The van der Waals surface area contributed by atoms with Crippen molar-refractivity contribution in [2.24, 2.45) is 0 Å². The van der Waals surface area contributed by atoms with E-state index in [2.05, 4.69) is 5.32 Å². The van der Waals surface area contributed by atoms with Gasteiger partial charge in [0.25, 0.3) is 0 Å². The van der Waals surface area contributed by atoms with Gasteiger partial charge in [-0.2, -0.15) is 0 Å². The van der Waals surface area contributed by atoms with Gasteiger partial charge < -0.3 is 9.73 Å². The second-order valence-electron chi connectivity index (χ2n) is 3.47. The van der Waals surface area contributed by atoms with Crippen LogP contribution in [-0.2, 0) is 6.54 Å². The fraction of sp³-hybridized carbons (Fsp3) is 0.0909. The van der Waals surface area contributed by atoms with E-state index in [0.717, 1.165) is 18.2 Å². The van der Waals surface area contributed by atoms with Gasteiger partial charge in [-0.3, -0.25) is 10.1 Å². The minimum absolute atomic E-state index is 0.0220. The molecule has 0 amide bonds. The molecule has 2 aromatic rings. The molecule has 0 atom stereocenters. The molecule has 0 bridgehead atoms. The van der Waals surface area contributed by atoms with Crippen LogP contribution in [0.25, 0.3) is 0 Å². The lowest BCUT2D eigenvalue weighted by Gasteiger charge is -2.05. The van der Waals surface area contributed by atoms with Crippen LogP contribution in [0, 0.1) is 21.7 Å². The van der Waals surface area contributed by atoms with Gasteiger partial charge >= 0.3 is 5.88 Å². The van der Waals surface area contributed by atoms with Crippen molar-refractivity contribution in [2.45, 2.75) is 6.54 Å². The van der Waals surface area contributed by atoms with Gasteiger partial charge in [0.05, 0.1) is 18.3 Å².